The molecule has 0 bridgehead atoms. The lowest BCUT2D eigenvalue weighted by molar-refractivity contribution is 0.0950. The van der Waals surface area contributed by atoms with E-state index in [1.165, 1.54) is 0 Å². The Labute approximate surface area is 166 Å². The summed E-state index contributed by atoms with van der Waals surface area (Å²) in [5.74, 6) is -0.181. The minimum absolute atomic E-state index is 0.181. The van der Waals surface area contributed by atoms with Gasteiger partial charge < -0.3 is 5.32 Å². The van der Waals surface area contributed by atoms with Gasteiger partial charge in [0.05, 0.1) is 23.1 Å². The van der Waals surface area contributed by atoms with Gasteiger partial charge in [0.1, 0.15) is 0 Å². The summed E-state index contributed by atoms with van der Waals surface area (Å²) in [5.41, 5.74) is 3.94. The molecule has 0 aliphatic rings. The van der Waals surface area contributed by atoms with Crippen molar-refractivity contribution in [2.75, 3.05) is 0 Å². The summed E-state index contributed by atoms with van der Waals surface area (Å²) in [7, 11) is 0. The van der Waals surface area contributed by atoms with E-state index in [1.807, 2.05) is 48.7 Å². The molecule has 7 heteroatoms. The van der Waals surface area contributed by atoms with Crippen LogP contribution in [-0.4, -0.2) is 25.7 Å². The first kappa shape index (κ1) is 17.9. The average molecular weight is 390 g/mol. The highest BCUT2D eigenvalue weighted by Crippen LogP contribution is 2.19. The highest BCUT2D eigenvalue weighted by molar-refractivity contribution is 6.30. The van der Waals surface area contributed by atoms with E-state index in [1.54, 1.807) is 35.5 Å². The van der Waals surface area contributed by atoms with Gasteiger partial charge in [-0.05, 0) is 48.0 Å². The number of benzene rings is 1. The lowest BCUT2D eigenvalue weighted by atomic mass is 10.2. The van der Waals surface area contributed by atoms with Crippen LogP contribution < -0.4 is 5.32 Å². The summed E-state index contributed by atoms with van der Waals surface area (Å²) in [5, 5.41) is 7.90. The number of hydrogen-bond donors (Lipinski definition) is 1. The molecule has 0 radical (unpaired) electrons. The standard InChI is InChI=1S/C21H16ClN5O/c22-18-4-6-19(7-5-18)27-14-17(13-26-27)20-8-3-16(12-24-20)21(28)25-11-15-2-1-9-23-10-15/h1-10,12-14H,11H2,(H,25,28). The molecule has 1 aromatic carbocycles. The summed E-state index contributed by atoms with van der Waals surface area (Å²) in [4.78, 5) is 20.7. The van der Waals surface area contributed by atoms with Gasteiger partial charge in [-0.1, -0.05) is 17.7 Å². The minimum atomic E-state index is -0.181. The summed E-state index contributed by atoms with van der Waals surface area (Å²) >= 11 is 5.92. The van der Waals surface area contributed by atoms with Crippen LogP contribution in [0.5, 0.6) is 0 Å². The first-order valence-electron chi connectivity index (χ1n) is 8.63. The lowest BCUT2D eigenvalue weighted by Gasteiger charge is -2.05. The molecule has 0 fully saturated rings. The SMILES string of the molecule is O=C(NCc1cccnc1)c1ccc(-c2cnn(-c3ccc(Cl)cc3)c2)nc1. The van der Waals surface area contributed by atoms with Gasteiger partial charge in [-0.25, -0.2) is 4.68 Å². The third-order valence-corrected chi connectivity index (χ3v) is 4.42. The second kappa shape index (κ2) is 8.02. The molecule has 0 aliphatic heterocycles. The molecule has 1 N–H and O–H groups in total. The molecule has 3 aromatic heterocycles. The van der Waals surface area contributed by atoms with Crippen LogP contribution in [0.2, 0.25) is 5.02 Å². The number of nitrogens with zero attached hydrogens (tertiary/aromatic N) is 4. The maximum atomic E-state index is 12.3. The first-order valence-corrected chi connectivity index (χ1v) is 9.01. The summed E-state index contributed by atoms with van der Waals surface area (Å²) in [6.45, 7) is 0.419. The first-order chi connectivity index (χ1) is 13.7. The number of aromatic nitrogens is 4. The molecular weight excluding hydrogens is 374 g/mol. The molecule has 3 heterocycles. The molecule has 0 saturated carbocycles. The molecule has 1 amide bonds. The fourth-order valence-corrected chi connectivity index (χ4v) is 2.80. The summed E-state index contributed by atoms with van der Waals surface area (Å²) < 4.78 is 1.75. The minimum Gasteiger partial charge on any atom is -0.348 e. The number of hydrogen-bond acceptors (Lipinski definition) is 4. The topological polar surface area (TPSA) is 72.7 Å². The zero-order chi connectivity index (χ0) is 19.3. The second-order valence-corrected chi connectivity index (χ2v) is 6.56. The Hall–Kier alpha value is -3.51. The van der Waals surface area contributed by atoms with Crippen molar-refractivity contribution in [1.29, 1.82) is 0 Å². The largest absolute Gasteiger partial charge is 0.348 e. The van der Waals surface area contributed by atoms with Crippen molar-refractivity contribution in [3.8, 4) is 16.9 Å². The molecule has 0 aliphatic carbocycles. The number of halogens is 1. The number of nitrogens with one attached hydrogen (secondary N) is 1. The predicted octanol–water partition coefficient (Wildman–Crippen LogP) is 3.91. The average Bonchev–Trinajstić information content (AvgIpc) is 3.24. The van der Waals surface area contributed by atoms with Crippen molar-refractivity contribution in [3.63, 3.8) is 0 Å². The van der Waals surface area contributed by atoms with E-state index in [2.05, 4.69) is 20.4 Å². The molecule has 28 heavy (non-hydrogen) atoms. The van der Waals surface area contributed by atoms with Crippen molar-refractivity contribution in [1.82, 2.24) is 25.1 Å². The quantitative estimate of drug-likeness (QED) is 0.561. The number of pyridine rings is 2. The van der Waals surface area contributed by atoms with Crippen LogP contribution in [0.15, 0.2) is 79.5 Å². The number of carbonyl (C=O) groups excluding carboxylic acids is 1. The Morgan fingerprint density at radius 3 is 2.61 bits per heavy atom. The zero-order valence-electron chi connectivity index (χ0n) is 14.8. The molecule has 0 spiro atoms. The highest BCUT2D eigenvalue weighted by atomic mass is 35.5. The molecule has 0 unspecified atom stereocenters. The predicted molar refractivity (Wildman–Crippen MR) is 107 cm³/mol. The zero-order valence-corrected chi connectivity index (χ0v) is 15.5. The molecule has 6 nitrogen and oxygen atoms in total. The molecule has 0 saturated heterocycles. The van der Waals surface area contributed by atoms with E-state index in [0.29, 0.717) is 17.1 Å². The van der Waals surface area contributed by atoms with Crippen LogP contribution >= 0.6 is 11.6 Å². The van der Waals surface area contributed by atoms with E-state index in [-0.39, 0.29) is 5.91 Å². The molecule has 4 aromatic rings. The van der Waals surface area contributed by atoms with E-state index < -0.39 is 0 Å². The van der Waals surface area contributed by atoms with Gasteiger partial charge in [0, 0.05) is 41.9 Å². The Morgan fingerprint density at radius 2 is 1.89 bits per heavy atom. The van der Waals surface area contributed by atoms with Crippen LogP contribution in [0.25, 0.3) is 16.9 Å². The van der Waals surface area contributed by atoms with E-state index in [0.717, 1.165) is 22.5 Å². The van der Waals surface area contributed by atoms with E-state index >= 15 is 0 Å². The highest BCUT2D eigenvalue weighted by Gasteiger charge is 2.09. The molecular formula is C21H16ClN5O. The molecule has 138 valence electrons. The van der Waals surface area contributed by atoms with E-state index in [9.17, 15) is 4.79 Å². The smallest absolute Gasteiger partial charge is 0.253 e. The van der Waals surface area contributed by atoms with Gasteiger partial charge in [0.25, 0.3) is 5.91 Å². The van der Waals surface area contributed by atoms with Gasteiger partial charge in [0.15, 0.2) is 0 Å². The van der Waals surface area contributed by atoms with Crippen molar-refractivity contribution >= 4 is 17.5 Å². The Bertz CT molecular complexity index is 1080. The third kappa shape index (κ3) is 4.07. The van der Waals surface area contributed by atoms with Crippen molar-refractivity contribution in [2.24, 2.45) is 0 Å². The second-order valence-electron chi connectivity index (χ2n) is 6.13. The van der Waals surface area contributed by atoms with Gasteiger partial charge >= 0.3 is 0 Å². The normalized spacial score (nSPS) is 10.6. The lowest BCUT2D eigenvalue weighted by Crippen LogP contribution is -2.22. The van der Waals surface area contributed by atoms with Crippen LogP contribution in [0.4, 0.5) is 0 Å². The Balaban J connectivity index is 1.44. The van der Waals surface area contributed by atoms with Gasteiger partial charge in [-0.3, -0.25) is 14.8 Å². The Morgan fingerprint density at radius 1 is 1.04 bits per heavy atom. The fraction of sp³-hybridized carbons (Fsp3) is 0.0476. The van der Waals surface area contributed by atoms with Crippen LogP contribution in [0.1, 0.15) is 15.9 Å². The van der Waals surface area contributed by atoms with Crippen LogP contribution in [0, 0.1) is 0 Å². The summed E-state index contributed by atoms with van der Waals surface area (Å²) in [6, 6.07) is 14.7. The van der Waals surface area contributed by atoms with Crippen LogP contribution in [0.3, 0.4) is 0 Å². The molecule has 0 atom stereocenters. The Kier molecular flexibility index (Phi) is 5.12. The maximum absolute atomic E-state index is 12.3. The number of rotatable bonds is 5. The van der Waals surface area contributed by atoms with Gasteiger partial charge in [0.2, 0.25) is 0 Å². The van der Waals surface area contributed by atoms with Gasteiger partial charge in [-0.15, -0.1) is 0 Å². The number of amides is 1. The number of carbonyl (C=O) groups is 1. The van der Waals surface area contributed by atoms with Crippen molar-refractivity contribution in [2.45, 2.75) is 6.54 Å². The van der Waals surface area contributed by atoms with E-state index in [4.69, 9.17) is 11.6 Å². The van der Waals surface area contributed by atoms with Gasteiger partial charge in [-0.2, -0.15) is 5.10 Å². The summed E-state index contributed by atoms with van der Waals surface area (Å²) in [6.07, 6.45) is 8.60. The van der Waals surface area contributed by atoms with Crippen molar-refractivity contribution in [3.05, 3.63) is 95.7 Å². The van der Waals surface area contributed by atoms with Crippen molar-refractivity contribution < 1.29 is 4.79 Å². The monoisotopic (exact) mass is 389 g/mol. The third-order valence-electron chi connectivity index (χ3n) is 4.17. The maximum Gasteiger partial charge on any atom is 0.253 e. The molecule has 4 rings (SSSR count). The fourth-order valence-electron chi connectivity index (χ4n) is 2.68. The van der Waals surface area contributed by atoms with Crippen LogP contribution in [-0.2, 0) is 6.54 Å².